The molecule has 2 aromatic rings. The molecule has 0 atom stereocenters. The second-order valence-electron chi connectivity index (χ2n) is 4.13. The maximum absolute atomic E-state index is 5.22. The standard InChI is InChI=1S/C14H19N3O3/c1-4-18-10-19-20-13-6-5-11(9-12(13)15-2)14-16-7-8-17(14)3/h5-9,15H,4,10H2,1-3H3. The lowest BCUT2D eigenvalue weighted by atomic mass is 10.1. The lowest BCUT2D eigenvalue weighted by molar-refractivity contribution is -0.264. The minimum atomic E-state index is 0.0980. The first-order valence-corrected chi connectivity index (χ1v) is 6.43. The van der Waals surface area contributed by atoms with Gasteiger partial charge in [-0.05, 0) is 25.1 Å². The molecule has 0 amide bonds. The summed E-state index contributed by atoms with van der Waals surface area (Å²) in [6.07, 6.45) is 3.67. The zero-order valence-electron chi connectivity index (χ0n) is 11.9. The number of imidazole rings is 1. The molecule has 1 heterocycles. The van der Waals surface area contributed by atoms with Gasteiger partial charge in [0, 0.05) is 38.7 Å². The zero-order chi connectivity index (χ0) is 14.4. The van der Waals surface area contributed by atoms with Gasteiger partial charge in [-0.2, -0.15) is 4.89 Å². The Morgan fingerprint density at radius 2 is 2.20 bits per heavy atom. The van der Waals surface area contributed by atoms with Crippen molar-refractivity contribution < 1.29 is 14.5 Å². The van der Waals surface area contributed by atoms with Crippen molar-refractivity contribution in [2.45, 2.75) is 6.92 Å². The maximum atomic E-state index is 5.22. The Hall–Kier alpha value is -2.05. The van der Waals surface area contributed by atoms with Crippen molar-refractivity contribution in [1.29, 1.82) is 0 Å². The fraction of sp³-hybridized carbons (Fsp3) is 0.357. The summed E-state index contributed by atoms with van der Waals surface area (Å²) in [5.41, 5.74) is 1.82. The van der Waals surface area contributed by atoms with Gasteiger partial charge in [0.1, 0.15) is 5.82 Å². The lowest BCUT2D eigenvalue weighted by Gasteiger charge is -2.11. The number of nitrogens with one attached hydrogen (secondary N) is 1. The fourth-order valence-corrected chi connectivity index (χ4v) is 1.79. The number of benzene rings is 1. The largest absolute Gasteiger partial charge is 0.385 e. The van der Waals surface area contributed by atoms with Crippen LogP contribution in [0.4, 0.5) is 5.69 Å². The highest BCUT2D eigenvalue weighted by atomic mass is 17.2. The third kappa shape index (κ3) is 3.28. The molecule has 1 aromatic heterocycles. The predicted molar refractivity (Wildman–Crippen MR) is 76.4 cm³/mol. The van der Waals surface area contributed by atoms with Gasteiger partial charge in [0.05, 0.1) is 5.69 Å². The Kier molecular flexibility index (Phi) is 4.97. The minimum Gasteiger partial charge on any atom is -0.385 e. The van der Waals surface area contributed by atoms with Gasteiger partial charge in [0.2, 0.25) is 0 Å². The number of hydrogen-bond acceptors (Lipinski definition) is 5. The van der Waals surface area contributed by atoms with E-state index >= 15 is 0 Å². The summed E-state index contributed by atoms with van der Waals surface area (Å²) in [7, 11) is 3.78. The van der Waals surface area contributed by atoms with Crippen LogP contribution >= 0.6 is 0 Å². The van der Waals surface area contributed by atoms with Crippen LogP contribution in [0.1, 0.15) is 6.92 Å². The number of aryl methyl sites for hydroxylation is 1. The Labute approximate surface area is 118 Å². The molecule has 6 heteroatoms. The van der Waals surface area contributed by atoms with Crippen molar-refractivity contribution in [3.8, 4) is 17.1 Å². The van der Waals surface area contributed by atoms with E-state index in [1.807, 2.05) is 50.0 Å². The first-order chi connectivity index (χ1) is 9.76. The molecule has 20 heavy (non-hydrogen) atoms. The summed E-state index contributed by atoms with van der Waals surface area (Å²) < 4.78 is 7.01. The number of ether oxygens (including phenoxy) is 1. The van der Waals surface area contributed by atoms with E-state index < -0.39 is 0 Å². The van der Waals surface area contributed by atoms with Crippen LogP contribution in [-0.2, 0) is 16.7 Å². The maximum Gasteiger partial charge on any atom is 0.192 e. The first kappa shape index (κ1) is 14.4. The van der Waals surface area contributed by atoms with Crippen molar-refractivity contribution in [2.24, 2.45) is 7.05 Å². The normalized spacial score (nSPS) is 10.6. The number of rotatable bonds is 7. The van der Waals surface area contributed by atoms with E-state index in [1.54, 1.807) is 6.20 Å². The molecule has 0 radical (unpaired) electrons. The number of aromatic nitrogens is 2. The molecule has 0 aliphatic carbocycles. The topological polar surface area (TPSA) is 57.5 Å². The van der Waals surface area contributed by atoms with Crippen LogP contribution in [0.3, 0.4) is 0 Å². The molecule has 0 aliphatic heterocycles. The first-order valence-electron chi connectivity index (χ1n) is 6.43. The number of hydrogen-bond donors (Lipinski definition) is 1. The molecule has 0 spiro atoms. The summed E-state index contributed by atoms with van der Waals surface area (Å²) in [6, 6.07) is 5.73. The predicted octanol–water partition coefficient (Wildman–Crippen LogP) is 2.43. The van der Waals surface area contributed by atoms with Gasteiger partial charge in [-0.15, -0.1) is 0 Å². The SMILES string of the molecule is CCOCOOc1ccc(-c2nccn2C)cc1NC. The molecule has 2 rings (SSSR count). The van der Waals surface area contributed by atoms with Gasteiger partial charge < -0.3 is 19.5 Å². The van der Waals surface area contributed by atoms with Crippen LogP contribution in [0.15, 0.2) is 30.6 Å². The van der Waals surface area contributed by atoms with Crippen molar-refractivity contribution in [1.82, 2.24) is 9.55 Å². The molecule has 6 nitrogen and oxygen atoms in total. The highest BCUT2D eigenvalue weighted by Crippen LogP contribution is 2.29. The summed E-state index contributed by atoms with van der Waals surface area (Å²) in [5.74, 6) is 1.49. The Balaban J connectivity index is 2.14. The molecule has 0 unspecified atom stereocenters. The molecule has 0 fully saturated rings. The molecule has 1 aromatic carbocycles. The van der Waals surface area contributed by atoms with Crippen LogP contribution in [0.2, 0.25) is 0 Å². The quantitative estimate of drug-likeness (QED) is 0.364. The molecule has 0 saturated heterocycles. The van der Waals surface area contributed by atoms with Gasteiger partial charge in [0.25, 0.3) is 0 Å². The van der Waals surface area contributed by atoms with Crippen LogP contribution in [0.5, 0.6) is 5.75 Å². The Morgan fingerprint density at radius 1 is 1.35 bits per heavy atom. The summed E-state index contributed by atoms with van der Waals surface area (Å²) in [5, 5.41) is 3.08. The summed E-state index contributed by atoms with van der Waals surface area (Å²) in [6.45, 7) is 2.57. The van der Waals surface area contributed by atoms with Crippen LogP contribution in [-0.4, -0.2) is 30.0 Å². The van der Waals surface area contributed by atoms with Crippen molar-refractivity contribution in [3.05, 3.63) is 30.6 Å². The lowest BCUT2D eigenvalue weighted by Crippen LogP contribution is -2.05. The second kappa shape index (κ2) is 6.93. The summed E-state index contributed by atoms with van der Waals surface area (Å²) in [4.78, 5) is 14.5. The molecule has 0 aliphatic rings. The Morgan fingerprint density at radius 3 is 2.85 bits per heavy atom. The van der Waals surface area contributed by atoms with Gasteiger partial charge in [-0.1, -0.05) is 0 Å². The average molecular weight is 277 g/mol. The number of nitrogens with zero attached hydrogens (tertiary/aromatic N) is 2. The fourth-order valence-electron chi connectivity index (χ4n) is 1.79. The van der Waals surface area contributed by atoms with Gasteiger partial charge in [0.15, 0.2) is 12.5 Å². The third-order valence-corrected chi connectivity index (χ3v) is 2.81. The van der Waals surface area contributed by atoms with Gasteiger partial charge in [-0.3, -0.25) is 0 Å². The summed E-state index contributed by atoms with van der Waals surface area (Å²) >= 11 is 0. The van der Waals surface area contributed by atoms with E-state index in [0.717, 1.165) is 17.1 Å². The monoisotopic (exact) mass is 277 g/mol. The average Bonchev–Trinajstić information content (AvgIpc) is 2.90. The van der Waals surface area contributed by atoms with Gasteiger partial charge >= 0.3 is 0 Å². The highest BCUT2D eigenvalue weighted by molar-refractivity contribution is 5.68. The highest BCUT2D eigenvalue weighted by Gasteiger charge is 2.09. The van der Waals surface area contributed by atoms with Crippen LogP contribution < -0.4 is 10.2 Å². The number of anilines is 1. The smallest absolute Gasteiger partial charge is 0.192 e. The molecule has 0 saturated carbocycles. The van der Waals surface area contributed by atoms with E-state index in [1.165, 1.54) is 0 Å². The molecular formula is C14H19N3O3. The molecular weight excluding hydrogens is 258 g/mol. The second-order valence-corrected chi connectivity index (χ2v) is 4.13. The molecule has 1 N–H and O–H groups in total. The van der Waals surface area contributed by atoms with E-state index in [4.69, 9.17) is 14.5 Å². The van der Waals surface area contributed by atoms with Crippen molar-refractivity contribution in [2.75, 3.05) is 25.8 Å². The van der Waals surface area contributed by atoms with E-state index in [2.05, 4.69) is 10.3 Å². The van der Waals surface area contributed by atoms with E-state index in [9.17, 15) is 0 Å². The minimum absolute atomic E-state index is 0.0980. The zero-order valence-corrected chi connectivity index (χ0v) is 11.9. The van der Waals surface area contributed by atoms with Crippen molar-refractivity contribution in [3.63, 3.8) is 0 Å². The van der Waals surface area contributed by atoms with Gasteiger partial charge in [-0.25, -0.2) is 4.98 Å². The van der Waals surface area contributed by atoms with Crippen LogP contribution in [0.25, 0.3) is 11.4 Å². The van der Waals surface area contributed by atoms with E-state index in [0.29, 0.717) is 12.4 Å². The molecule has 0 bridgehead atoms. The third-order valence-electron chi connectivity index (χ3n) is 2.81. The Bertz CT molecular complexity index is 554. The van der Waals surface area contributed by atoms with E-state index in [-0.39, 0.29) is 6.79 Å². The van der Waals surface area contributed by atoms with Crippen LogP contribution in [0, 0.1) is 0 Å². The molecule has 108 valence electrons. The van der Waals surface area contributed by atoms with Crippen molar-refractivity contribution >= 4 is 5.69 Å².